The van der Waals surface area contributed by atoms with Gasteiger partial charge < -0.3 is 15.3 Å². The lowest BCUT2D eigenvalue weighted by molar-refractivity contribution is -0.383. The molecule has 1 saturated heterocycles. The summed E-state index contributed by atoms with van der Waals surface area (Å²) < 4.78 is 0. The summed E-state index contributed by atoms with van der Waals surface area (Å²) >= 11 is 0. The number of anilines is 2. The van der Waals surface area contributed by atoms with Crippen LogP contribution in [0.15, 0.2) is 42.5 Å². The summed E-state index contributed by atoms with van der Waals surface area (Å²) in [5.41, 5.74) is 1.89. The van der Waals surface area contributed by atoms with Gasteiger partial charge in [-0.2, -0.15) is 0 Å². The van der Waals surface area contributed by atoms with E-state index < -0.39 is 10.9 Å². The highest BCUT2D eigenvalue weighted by molar-refractivity contribution is 5.90. The maximum atomic E-state index is 11.3. The molecule has 26 heavy (non-hydrogen) atoms. The Kier molecular flexibility index (Phi) is 5.18. The fraction of sp³-hybridized carbons (Fsp3) is 0.316. The van der Waals surface area contributed by atoms with Crippen molar-refractivity contribution < 1.29 is 14.8 Å². The molecule has 2 N–H and O–H groups in total. The lowest BCUT2D eigenvalue weighted by atomic mass is 9.89. The first kappa shape index (κ1) is 17.9. The van der Waals surface area contributed by atoms with Gasteiger partial charge in [-0.3, -0.25) is 10.1 Å². The van der Waals surface area contributed by atoms with Crippen molar-refractivity contribution >= 4 is 23.0 Å². The molecule has 0 aliphatic carbocycles. The molecule has 0 bridgehead atoms. The molecular formula is C19H21N3O4. The van der Waals surface area contributed by atoms with Gasteiger partial charge in [0.15, 0.2) is 0 Å². The van der Waals surface area contributed by atoms with Crippen LogP contribution in [0.3, 0.4) is 0 Å². The first-order valence-corrected chi connectivity index (χ1v) is 8.51. The molecule has 0 unspecified atom stereocenters. The maximum Gasteiger partial charge on any atom is 0.335 e. The van der Waals surface area contributed by atoms with Crippen LogP contribution in [0.5, 0.6) is 0 Å². The van der Waals surface area contributed by atoms with Crippen LogP contribution in [0.1, 0.15) is 34.7 Å². The van der Waals surface area contributed by atoms with E-state index in [2.05, 4.69) is 23.3 Å². The van der Waals surface area contributed by atoms with E-state index >= 15 is 0 Å². The summed E-state index contributed by atoms with van der Waals surface area (Å²) in [6, 6.07) is 11.8. The highest BCUT2D eigenvalue weighted by atomic mass is 16.6. The Balaban J connectivity index is 1.84. The van der Waals surface area contributed by atoms with Crippen LogP contribution in [0.25, 0.3) is 0 Å². The third-order valence-electron chi connectivity index (χ3n) is 4.80. The number of hydrogen-bond acceptors (Lipinski definition) is 5. The number of nitrogens with zero attached hydrogens (tertiary/aromatic N) is 2. The number of carboxylic acids is 1. The van der Waals surface area contributed by atoms with Crippen molar-refractivity contribution in [2.75, 3.05) is 25.5 Å². The fourth-order valence-electron chi connectivity index (χ4n) is 3.29. The van der Waals surface area contributed by atoms with E-state index in [1.54, 1.807) is 0 Å². The lowest BCUT2D eigenvalue weighted by Gasteiger charge is -2.29. The summed E-state index contributed by atoms with van der Waals surface area (Å²) in [6.07, 6.45) is 2.18. The zero-order chi connectivity index (χ0) is 18.7. The molecule has 0 spiro atoms. The van der Waals surface area contributed by atoms with Crippen molar-refractivity contribution in [3.05, 3.63) is 63.7 Å². The topological polar surface area (TPSA) is 95.7 Å². The molecule has 0 atom stereocenters. The van der Waals surface area contributed by atoms with Gasteiger partial charge in [-0.1, -0.05) is 12.1 Å². The van der Waals surface area contributed by atoms with Crippen molar-refractivity contribution in [3.8, 4) is 0 Å². The van der Waals surface area contributed by atoms with Gasteiger partial charge in [0.25, 0.3) is 5.69 Å². The summed E-state index contributed by atoms with van der Waals surface area (Å²) in [5, 5.41) is 23.4. The van der Waals surface area contributed by atoms with E-state index in [1.165, 1.54) is 17.7 Å². The minimum Gasteiger partial charge on any atom is -0.478 e. The van der Waals surface area contributed by atoms with Gasteiger partial charge in [-0.15, -0.1) is 0 Å². The van der Waals surface area contributed by atoms with Crippen LogP contribution in [0.2, 0.25) is 0 Å². The Bertz CT molecular complexity index is 829. The molecule has 136 valence electrons. The van der Waals surface area contributed by atoms with Crippen molar-refractivity contribution in [2.45, 2.75) is 18.8 Å². The molecule has 1 aliphatic heterocycles. The number of nitrogens with one attached hydrogen (secondary N) is 1. The van der Waals surface area contributed by atoms with Gasteiger partial charge >= 0.3 is 5.97 Å². The zero-order valence-electron chi connectivity index (χ0n) is 14.5. The Morgan fingerprint density at radius 3 is 2.62 bits per heavy atom. The molecule has 1 aliphatic rings. The Labute approximate surface area is 151 Å². The molecule has 3 rings (SSSR count). The number of likely N-dealkylation sites (tertiary alicyclic amines) is 1. The quantitative estimate of drug-likeness (QED) is 0.625. The molecule has 1 heterocycles. The fourth-order valence-corrected chi connectivity index (χ4v) is 3.29. The van der Waals surface area contributed by atoms with Crippen molar-refractivity contribution in [1.29, 1.82) is 0 Å². The summed E-state index contributed by atoms with van der Waals surface area (Å²) in [7, 11) is 2.12. The minimum absolute atomic E-state index is 0.109. The average Bonchev–Trinajstić information content (AvgIpc) is 2.62. The molecule has 7 heteroatoms. The van der Waals surface area contributed by atoms with E-state index in [9.17, 15) is 14.9 Å². The van der Waals surface area contributed by atoms with Crippen LogP contribution in [-0.4, -0.2) is 41.0 Å². The van der Waals surface area contributed by atoms with Crippen molar-refractivity contribution in [1.82, 2.24) is 4.90 Å². The zero-order valence-corrected chi connectivity index (χ0v) is 14.5. The maximum absolute atomic E-state index is 11.3. The SMILES string of the molecule is CN1CCC(c2cccc(Nc3ccc(C(=O)O)cc3[N+](=O)[O-])c2)CC1. The monoisotopic (exact) mass is 355 g/mol. The lowest BCUT2D eigenvalue weighted by Crippen LogP contribution is -2.29. The Hall–Kier alpha value is -2.93. The second-order valence-corrected chi connectivity index (χ2v) is 6.62. The standard InChI is InChI=1S/C19H21N3O4/c1-21-9-7-13(8-10-21)14-3-2-4-16(11-14)20-17-6-5-15(19(23)24)12-18(17)22(25)26/h2-6,11-13,20H,7-10H2,1H3,(H,23,24). The highest BCUT2D eigenvalue weighted by Gasteiger charge is 2.20. The van der Waals surface area contributed by atoms with Gasteiger partial charge in [0.2, 0.25) is 0 Å². The van der Waals surface area contributed by atoms with Crippen LogP contribution < -0.4 is 5.32 Å². The second kappa shape index (κ2) is 7.53. The van der Waals surface area contributed by atoms with Crippen molar-refractivity contribution in [2.24, 2.45) is 0 Å². The predicted molar refractivity (Wildman–Crippen MR) is 99.3 cm³/mol. The summed E-state index contributed by atoms with van der Waals surface area (Å²) in [6.45, 7) is 2.12. The predicted octanol–water partition coefficient (Wildman–Crippen LogP) is 3.85. The molecule has 2 aromatic carbocycles. The molecule has 0 saturated carbocycles. The van der Waals surface area contributed by atoms with Crippen molar-refractivity contribution in [3.63, 3.8) is 0 Å². The van der Waals surface area contributed by atoms with Gasteiger partial charge in [-0.05, 0) is 68.7 Å². The first-order chi connectivity index (χ1) is 12.4. The smallest absolute Gasteiger partial charge is 0.335 e. The third-order valence-corrected chi connectivity index (χ3v) is 4.80. The van der Waals surface area contributed by atoms with E-state index in [1.807, 2.05) is 18.2 Å². The number of piperidine rings is 1. The number of rotatable bonds is 5. The van der Waals surface area contributed by atoms with Crippen LogP contribution in [-0.2, 0) is 0 Å². The summed E-state index contributed by atoms with van der Waals surface area (Å²) in [4.78, 5) is 24.1. The van der Waals surface area contributed by atoms with E-state index in [0.29, 0.717) is 5.92 Å². The number of nitro groups is 1. The largest absolute Gasteiger partial charge is 0.478 e. The van der Waals surface area contributed by atoms with E-state index in [4.69, 9.17) is 5.11 Å². The number of aromatic carboxylic acids is 1. The molecule has 2 aromatic rings. The van der Waals surface area contributed by atoms with Gasteiger partial charge in [-0.25, -0.2) is 4.79 Å². The van der Waals surface area contributed by atoms with Crippen LogP contribution >= 0.6 is 0 Å². The summed E-state index contributed by atoms with van der Waals surface area (Å²) in [5.74, 6) is -0.707. The van der Waals surface area contributed by atoms with Crippen LogP contribution in [0.4, 0.5) is 17.1 Å². The number of hydrogen-bond donors (Lipinski definition) is 2. The van der Waals surface area contributed by atoms with Gasteiger partial charge in [0.1, 0.15) is 5.69 Å². The normalized spacial score (nSPS) is 15.6. The first-order valence-electron chi connectivity index (χ1n) is 8.51. The third kappa shape index (κ3) is 4.00. The molecule has 7 nitrogen and oxygen atoms in total. The van der Waals surface area contributed by atoms with Gasteiger partial charge in [0.05, 0.1) is 10.5 Å². The Morgan fingerprint density at radius 2 is 1.96 bits per heavy atom. The van der Waals surface area contributed by atoms with E-state index in [-0.39, 0.29) is 16.9 Å². The van der Waals surface area contributed by atoms with Gasteiger partial charge in [0, 0.05) is 11.8 Å². The molecule has 0 aromatic heterocycles. The number of benzene rings is 2. The minimum atomic E-state index is -1.19. The molecule has 0 amide bonds. The number of carboxylic acid groups (broad SMARTS) is 1. The second-order valence-electron chi connectivity index (χ2n) is 6.62. The molecular weight excluding hydrogens is 334 g/mol. The highest BCUT2D eigenvalue weighted by Crippen LogP contribution is 2.32. The van der Waals surface area contributed by atoms with Crippen LogP contribution in [0, 0.1) is 10.1 Å². The number of carbonyl (C=O) groups is 1. The average molecular weight is 355 g/mol. The Morgan fingerprint density at radius 1 is 1.23 bits per heavy atom. The number of nitro benzene ring substituents is 1. The van der Waals surface area contributed by atoms with E-state index in [0.717, 1.165) is 37.7 Å². The molecule has 0 radical (unpaired) electrons. The molecule has 1 fully saturated rings.